The fourth-order valence-electron chi connectivity index (χ4n) is 2.65. The van der Waals surface area contributed by atoms with Gasteiger partial charge in [-0.25, -0.2) is 4.68 Å². The number of benzene rings is 2. The van der Waals surface area contributed by atoms with Crippen molar-refractivity contribution in [2.75, 3.05) is 19.0 Å². The quantitative estimate of drug-likeness (QED) is 0.729. The van der Waals surface area contributed by atoms with Crippen molar-refractivity contribution in [3.05, 3.63) is 64.6 Å². The molecule has 0 fully saturated rings. The molecule has 1 heterocycles. The molecular weight excluding hydrogens is 330 g/mol. The third-order valence-corrected chi connectivity index (χ3v) is 4.26. The molecule has 2 aromatic carbocycles. The molecule has 0 radical (unpaired) electrons. The summed E-state index contributed by atoms with van der Waals surface area (Å²) in [6.07, 6.45) is 0. The summed E-state index contributed by atoms with van der Waals surface area (Å²) in [5.41, 5.74) is 2.58. The second-order valence-corrected chi connectivity index (χ2v) is 6.18. The number of nitrogens with zero attached hydrogens (tertiary/aromatic N) is 5. The summed E-state index contributed by atoms with van der Waals surface area (Å²) in [5.74, 6) is 0.0110. The zero-order chi connectivity index (χ0) is 18.8. The smallest absolute Gasteiger partial charge is 0.299 e. The molecule has 0 aliphatic rings. The van der Waals surface area contributed by atoms with Crippen LogP contribution in [-0.4, -0.2) is 28.6 Å². The number of para-hydroxylation sites is 1. The zero-order valence-corrected chi connectivity index (χ0v) is 15.2. The maximum absolute atomic E-state index is 12.8. The summed E-state index contributed by atoms with van der Waals surface area (Å²) < 4.78 is 3.28. The maximum Gasteiger partial charge on any atom is 0.299 e. The van der Waals surface area contributed by atoms with Crippen LogP contribution in [0, 0.1) is 6.92 Å². The van der Waals surface area contributed by atoms with Crippen molar-refractivity contribution < 1.29 is 5.11 Å². The molecule has 0 aliphatic carbocycles. The van der Waals surface area contributed by atoms with Crippen molar-refractivity contribution in [1.82, 2.24) is 9.36 Å². The highest BCUT2D eigenvalue weighted by Crippen LogP contribution is 2.31. The molecule has 0 atom stereocenters. The molecule has 3 aromatic rings. The Balaban J connectivity index is 2.01. The van der Waals surface area contributed by atoms with E-state index in [4.69, 9.17) is 0 Å². The SMILES string of the molecule is Cc1c(N=Nc2ccc(N(C)C)cc2O)c(=O)n(-c2ccccc2)n1C. The Kier molecular flexibility index (Phi) is 4.62. The van der Waals surface area contributed by atoms with Gasteiger partial charge < -0.3 is 10.0 Å². The van der Waals surface area contributed by atoms with Gasteiger partial charge in [-0.3, -0.25) is 9.48 Å². The van der Waals surface area contributed by atoms with Gasteiger partial charge in [0, 0.05) is 32.9 Å². The third-order valence-electron chi connectivity index (χ3n) is 4.26. The molecule has 3 rings (SSSR count). The van der Waals surface area contributed by atoms with Gasteiger partial charge in [0.05, 0.1) is 11.4 Å². The Morgan fingerprint density at radius 2 is 1.73 bits per heavy atom. The van der Waals surface area contributed by atoms with Gasteiger partial charge in [-0.15, -0.1) is 10.2 Å². The Bertz CT molecular complexity index is 1020. The summed E-state index contributed by atoms with van der Waals surface area (Å²) in [4.78, 5) is 14.7. The first-order chi connectivity index (χ1) is 12.4. The average Bonchev–Trinajstić information content (AvgIpc) is 2.84. The van der Waals surface area contributed by atoms with Crippen LogP contribution in [0.1, 0.15) is 5.69 Å². The van der Waals surface area contributed by atoms with E-state index < -0.39 is 0 Å². The fourth-order valence-corrected chi connectivity index (χ4v) is 2.65. The average molecular weight is 351 g/mol. The number of phenolic OH excluding ortho intramolecular Hbond substituents is 1. The van der Waals surface area contributed by atoms with Gasteiger partial charge in [-0.05, 0) is 31.2 Å². The number of rotatable bonds is 4. The second kappa shape index (κ2) is 6.87. The lowest BCUT2D eigenvalue weighted by molar-refractivity contribution is 0.476. The Hall–Kier alpha value is -3.35. The van der Waals surface area contributed by atoms with Crippen molar-refractivity contribution in [2.24, 2.45) is 17.3 Å². The van der Waals surface area contributed by atoms with Crippen LogP contribution in [0.2, 0.25) is 0 Å². The normalized spacial score (nSPS) is 11.2. The monoisotopic (exact) mass is 351 g/mol. The fraction of sp³-hybridized carbons (Fsp3) is 0.211. The van der Waals surface area contributed by atoms with Crippen molar-refractivity contribution in [1.29, 1.82) is 0 Å². The van der Waals surface area contributed by atoms with Crippen molar-refractivity contribution in [2.45, 2.75) is 6.92 Å². The Morgan fingerprint density at radius 1 is 1.04 bits per heavy atom. The molecule has 0 bridgehead atoms. The minimum absolute atomic E-state index is 0.0110. The molecule has 0 aliphatic heterocycles. The summed E-state index contributed by atoms with van der Waals surface area (Å²) in [7, 11) is 5.57. The minimum Gasteiger partial charge on any atom is -0.506 e. The molecule has 1 aromatic heterocycles. The van der Waals surface area contributed by atoms with E-state index in [0.717, 1.165) is 11.4 Å². The number of phenols is 1. The Labute approximate surface area is 151 Å². The number of azo groups is 1. The first kappa shape index (κ1) is 17.5. The highest BCUT2D eigenvalue weighted by Gasteiger charge is 2.16. The summed E-state index contributed by atoms with van der Waals surface area (Å²) in [5, 5.41) is 18.3. The van der Waals surface area contributed by atoms with Crippen molar-refractivity contribution >= 4 is 17.1 Å². The van der Waals surface area contributed by atoms with Crippen molar-refractivity contribution in [3.8, 4) is 11.4 Å². The lowest BCUT2D eigenvalue weighted by Gasteiger charge is -2.12. The van der Waals surface area contributed by atoms with E-state index in [9.17, 15) is 9.90 Å². The van der Waals surface area contributed by atoms with Crippen LogP contribution in [0.5, 0.6) is 5.75 Å². The van der Waals surface area contributed by atoms with Gasteiger partial charge in [0.1, 0.15) is 11.4 Å². The first-order valence-corrected chi connectivity index (χ1v) is 8.16. The summed E-state index contributed by atoms with van der Waals surface area (Å²) in [6, 6.07) is 14.4. The van der Waals surface area contributed by atoms with E-state index >= 15 is 0 Å². The van der Waals surface area contributed by atoms with Crippen LogP contribution >= 0.6 is 0 Å². The standard InChI is InChI=1S/C19H21N5O2/c1-13-18(19(26)24(23(13)4)14-8-6-5-7-9-14)21-20-16-11-10-15(22(2)3)12-17(16)25/h5-12,25H,1-4H3. The predicted molar refractivity (Wildman–Crippen MR) is 102 cm³/mol. The number of aromatic hydroxyl groups is 1. The van der Waals surface area contributed by atoms with Gasteiger partial charge in [0.25, 0.3) is 5.56 Å². The summed E-state index contributed by atoms with van der Waals surface area (Å²) in [6.45, 7) is 1.81. The number of hydrogen-bond donors (Lipinski definition) is 1. The van der Waals surface area contributed by atoms with Gasteiger partial charge in [-0.2, -0.15) is 0 Å². The highest BCUT2D eigenvalue weighted by atomic mass is 16.3. The van der Waals surface area contributed by atoms with Crippen LogP contribution in [0.15, 0.2) is 63.6 Å². The third kappa shape index (κ3) is 3.11. The Morgan fingerprint density at radius 3 is 2.35 bits per heavy atom. The number of aromatic nitrogens is 2. The lowest BCUT2D eigenvalue weighted by Crippen LogP contribution is -2.19. The number of anilines is 1. The van der Waals surface area contributed by atoms with E-state index in [0.29, 0.717) is 11.4 Å². The molecule has 7 nitrogen and oxygen atoms in total. The molecular formula is C19H21N5O2. The van der Waals surface area contributed by atoms with Crippen LogP contribution in [0.25, 0.3) is 5.69 Å². The van der Waals surface area contributed by atoms with Crippen LogP contribution in [0.4, 0.5) is 17.1 Å². The van der Waals surface area contributed by atoms with E-state index in [1.54, 1.807) is 28.5 Å². The van der Waals surface area contributed by atoms with E-state index in [1.165, 1.54) is 0 Å². The maximum atomic E-state index is 12.8. The predicted octanol–water partition coefficient (Wildman–Crippen LogP) is 3.67. The largest absolute Gasteiger partial charge is 0.506 e. The van der Waals surface area contributed by atoms with Gasteiger partial charge >= 0.3 is 0 Å². The first-order valence-electron chi connectivity index (χ1n) is 8.16. The molecule has 7 heteroatoms. The molecule has 0 saturated heterocycles. The highest BCUT2D eigenvalue weighted by molar-refractivity contribution is 5.60. The summed E-state index contributed by atoms with van der Waals surface area (Å²) >= 11 is 0. The topological polar surface area (TPSA) is 75.1 Å². The molecule has 0 saturated carbocycles. The lowest BCUT2D eigenvalue weighted by atomic mass is 10.2. The zero-order valence-electron chi connectivity index (χ0n) is 15.2. The van der Waals surface area contributed by atoms with Crippen LogP contribution in [0.3, 0.4) is 0 Å². The van der Waals surface area contributed by atoms with Crippen LogP contribution in [-0.2, 0) is 7.05 Å². The van der Waals surface area contributed by atoms with Crippen LogP contribution < -0.4 is 10.5 Å². The van der Waals surface area contributed by atoms with Crippen molar-refractivity contribution in [3.63, 3.8) is 0 Å². The van der Waals surface area contributed by atoms with E-state index in [1.807, 2.05) is 62.3 Å². The molecule has 0 spiro atoms. The molecule has 26 heavy (non-hydrogen) atoms. The minimum atomic E-state index is -0.260. The van der Waals surface area contributed by atoms with E-state index in [2.05, 4.69) is 10.2 Å². The molecule has 0 amide bonds. The second-order valence-electron chi connectivity index (χ2n) is 6.18. The van der Waals surface area contributed by atoms with Gasteiger partial charge in [0.15, 0.2) is 5.69 Å². The van der Waals surface area contributed by atoms with E-state index in [-0.39, 0.29) is 17.0 Å². The van der Waals surface area contributed by atoms with Gasteiger partial charge in [0.2, 0.25) is 0 Å². The molecule has 0 unspecified atom stereocenters. The molecule has 134 valence electrons. The number of hydrogen-bond acceptors (Lipinski definition) is 5. The van der Waals surface area contributed by atoms with Gasteiger partial charge in [-0.1, -0.05) is 18.2 Å². The molecule has 1 N–H and O–H groups in total.